The first-order chi connectivity index (χ1) is 13.1. The summed E-state index contributed by atoms with van der Waals surface area (Å²) < 4.78 is 27.4. The quantitative estimate of drug-likeness (QED) is 0.373. The highest BCUT2D eigenvalue weighted by molar-refractivity contribution is 14.0. The van der Waals surface area contributed by atoms with Crippen molar-refractivity contribution in [3.05, 3.63) is 53.4 Å². The van der Waals surface area contributed by atoms with E-state index in [9.17, 15) is 8.78 Å². The molecule has 28 heavy (non-hydrogen) atoms. The largest absolute Gasteiger partial charge is 0.351 e. The fourth-order valence-corrected chi connectivity index (χ4v) is 3.58. The standard InChI is InChI=1S/C19H26F2N6.HI/c1-3-18(16-5-4-14(20)12-17(16)21)26-8-10-27(11-9-26)19(22-2)23-13-15-6-7-24-25-15;/h4-7,12,18H,3,8-11,13H2,1-2H3,(H,22,23)(H,24,25);1H. The zero-order valence-corrected chi connectivity index (χ0v) is 18.5. The van der Waals surface area contributed by atoms with Crippen LogP contribution in [0.25, 0.3) is 0 Å². The van der Waals surface area contributed by atoms with Crippen LogP contribution in [0.2, 0.25) is 0 Å². The van der Waals surface area contributed by atoms with Crippen LogP contribution in [0.5, 0.6) is 0 Å². The van der Waals surface area contributed by atoms with Crippen LogP contribution in [0.15, 0.2) is 35.5 Å². The summed E-state index contributed by atoms with van der Waals surface area (Å²) in [7, 11) is 1.77. The van der Waals surface area contributed by atoms with E-state index in [2.05, 4.69) is 30.3 Å². The molecular formula is C19H27F2IN6. The van der Waals surface area contributed by atoms with Gasteiger partial charge in [-0.05, 0) is 18.6 Å². The molecule has 1 aromatic heterocycles. The minimum absolute atomic E-state index is 0. The summed E-state index contributed by atoms with van der Waals surface area (Å²) in [4.78, 5) is 8.81. The average Bonchev–Trinajstić information content (AvgIpc) is 3.19. The molecule has 2 aromatic rings. The third-order valence-corrected chi connectivity index (χ3v) is 4.97. The third-order valence-electron chi connectivity index (χ3n) is 4.97. The lowest BCUT2D eigenvalue weighted by molar-refractivity contribution is 0.124. The molecule has 6 nitrogen and oxygen atoms in total. The Morgan fingerprint density at radius 1 is 1.25 bits per heavy atom. The van der Waals surface area contributed by atoms with E-state index in [1.807, 2.05) is 13.0 Å². The van der Waals surface area contributed by atoms with Gasteiger partial charge in [0.05, 0.1) is 12.2 Å². The highest BCUT2D eigenvalue weighted by Crippen LogP contribution is 2.28. The summed E-state index contributed by atoms with van der Waals surface area (Å²) in [6, 6.07) is 5.73. The number of nitrogens with one attached hydrogen (secondary N) is 2. The zero-order chi connectivity index (χ0) is 19.2. The van der Waals surface area contributed by atoms with E-state index >= 15 is 0 Å². The Bertz CT molecular complexity index is 760. The van der Waals surface area contributed by atoms with E-state index in [-0.39, 0.29) is 30.0 Å². The molecular weight excluding hydrogens is 477 g/mol. The van der Waals surface area contributed by atoms with Crippen molar-refractivity contribution in [1.29, 1.82) is 0 Å². The maximum atomic E-state index is 14.2. The van der Waals surface area contributed by atoms with Gasteiger partial charge in [0.25, 0.3) is 0 Å². The Kier molecular flexibility index (Phi) is 8.61. The topological polar surface area (TPSA) is 59.5 Å². The van der Waals surface area contributed by atoms with E-state index < -0.39 is 11.6 Å². The Morgan fingerprint density at radius 2 is 2.00 bits per heavy atom. The molecule has 1 unspecified atom stereocenters. The van der Waals surface area contributed by atoms with Crippen molar-refractivity contribution in [2.75, 3.05) is 33.2 Å². The average molecular weight is 504 g/mol. The number of guanidine groups is 1. The number of aliphatic imine (C=N–C) groups is 1. The molecule has 0 amide bonds. The predicted octanol–water partition coefficient (Wildman–Crippen LogP) is 3.15. The van der Waals surface area contributed by atoms with Gasteiger partial charge in [0.2, 0.25) is 0 Å². The molecule has 0 spiro atoms. The molecule has 1 aromatic carbocycles. The second-order valence-electron chi connectivity index (χ2n) is 6.60. The normalized spacial score (nSPS) is 16.6. The zero-order valence-electron chi connectivity index (χ0n) is 16.2. The van der Waals surface area contributed by atoms with Gasteiger partial charge >= 0.3 is 0 Å². The van der Waals surface area contributed by atoms with Gasteiger partial charge in [-0.15, -0.1) is 24.0 Å². The summed E-state index contributed by atoms with van der Waals surface area (Å²) in [6.45, 7) is 5.83. The second-order valence-corrected chi connectivity index (χ2v) is 6.60. The fourth-order valence-electron chi connectivity index (χ4n) is 3.58. The van der Waals surface area contributed by atoms with Crippen LogP contribution in [0, 0.1) is 11.6 Å². The van der Waals surface area contributed by atoms with Crippen molar-refractivity contribution in [3.63, 3.8) is 0 Å². The number of hydrogen-bond donors (Lipinski definition) is 2. The van der Waals surface area contributed by atoms with E-state index in [0.717, 1.165) is 50.3 Å². The monoisotopic (exact) mass is 504 g/mol. The van der Waals surface area contributed by atoms with Gasteiger partial charge in [-0.1, -0.05) is 13.0 Å². The van der Waals surface area contributed by atoms with Crippen LogP contribution < -0.4 is 5.32 Å². The molecule has 9 heteroatoms. The molecule has 0 aliphatic carbocycles. The van der Waals surface area contributed by atoms with Gasteiger partial charge in [0.1, 0.15) is 11.6 Å². The van der Waals surface area contributed by atoms with Gasteiger partial charge in [0.15, 0.2) is 5.96 Å². The van der Waals surface area contributed by atoms with E-state index in [1.54, 1.807) is 19.3 Å². The SMILES string of the molecule is CCC(c1ccc(F)cc1F)N1CCN(C(=NC)NCc2ccn[nH]2)CC1.I. The van der Waals surface area contributed by atoms with Crippen molar-refractivity contribution in [2.24, 2.45) is 4.99 Å². The molecule has 3 rings (SSSR count). The van der Waals surface area contributed by atoms with Crippen LogP contribution >= 0.6 is 24.0 Å². The Balaban J connectivity index is 0.00000280. The molecule has 1 aliphatic rings. The highest BCUT2D eigenvalue weighted by atomic mass is 127. The summed E-state index contributed by atoms with van der Waals surface area (Å²) in [5, 5.41) is 10.2. The summed E-state index contributed by atoms with van der Waals surface area (Å²) in [6.07, 6.45) is 2.49. The van der Waals surface area contributed by atoms with Gasteiger partial charge in [-0.3, -0.25) is 15.0 Å². The summed E-state index contributed by atoms with van der Waals surface area (Å²) in [5.41, 5.74) is 1.56. The van der Waals surface area contributed by atoms with Crippen LogP contribution in [-0.2, 0) is 6.54 Å². The van der Waals surface area contributed by atoms with Crippen LogP contribution in [-0.4, -0.2) is 59.2 Å². The summed E-state index contributed by atoms with van der Waals surface area (Å²) >= 11 is 0. The van der Waals surface area contributed by atoms with Crippen molar-refractivity contribution >= 4 is 29.9 Å². The lowest BCUT2D eigenvalue weighted by Gasteiger charge is -2.40. The van der Waals surface area contributed by atoms with E-state index in [1.165, 1.54) is 6.07 Å². The number of hydrogen-bond acceptors (Lipinski definition) is 3. The maximum Gasteiger partial charge on any atom is 0.194 e. The first-order valence-corrected chi connectivity index (χ1v) is 9.25. The number of aromatic nitrogens is 2. The van der Waals surface area contributed by atoms with Crippen LogP contribution in [0.1, 0.15) is 30.6 Å². The van der Waals surface area contributed by atoms with Crippen LogP contribution in [0.3, 0.4) is 0 Å². The fraction of sp³-hybridized carbons (Fsp3) is 0.474. The molecule has 2 N–H and O–H groups in total. The molecule has 0 radical (unpaired) electrons. The Labute approximate surface area is 181 Å². The number of aromatic amines is 1. The van der Waals surface area contributed by atoms with Crippen molar-refractivity contribution in [3.8, 4) is 0 Å². The van der Waals surface area contributed by atoms with Crippen molar-refractivity contribution in [1.82, 2.24) is 25.3 Å². The smallest absolute Gasteiger partial charge is 0.194 e. The minimum atomic E-state index is -0.539. The Morgan fingerprint density at radius 3 is 2.57 bits per heavy atom. The molecule has 2 heterocycles. The van der Waals surface area contributed by atoms with E-state index in [4.69, 9.17) is 0 Å². The first kappa shape index (κ1) is 22.5. The Hall–Kier alpha value is -1.75. The molecule has 1 fully saturated rings. The van der Waals surface area contributed by atoms with Crippen LogP contribution in [0.4, 0.5) is 8.78 Å². The van der Waals surface area contributed by atoms with E-state index in [0.29, 0.717) is 12.1 Å². The lowest BCUT2D eigenvalue weighted by Crippen LogP contribution is -2.53. The molecule has 0 saturated carbocycles. The first-order valence-electron chi connectivity index (χ1n) is 9.25. The predicted molar refractivity (Wildman–Crippen MR) is 117 cm³/mol. The number of benzene rings is 1. The van der Waals surface area contributed by atoms with Gasteiger partial charge in [-0.2, -0.15) is 5.10 Å². The number of rotatable bonds is 5. The second kappa shape index (κ2) is 10.7. The molecule has 0 bridgehead atoms. The summed E-state index contributed by atoms with van der Waals surface area (Å²) in [5.74, 6) is -0.172. The molecule has 1 aliphatic heterocycles. The maximum absolute atomic E-state index is 14.2. The third kappa shape index (κ3) is 5.40. The molecule has 1 saturated heterocycles. The van der Waals surface area contributed by atoms with Gasteiger partial charge < -0.3 is 10.2 Å². The number of piperazine rings is 1. The van der Waals surface area contributed by atoms with Gasteiger partial charge in [0, 0.05) is 57.1 Å². The minimum Gasteiger partial charge on any atom is -0.351 e. The highest BCUT2D eigenvalue weighted by Gasteiger charge is 2.27. The van der Waals surface area contributed by atoms with Gasteiger partial charge in [-0.25, -0.2) is 8.78 Å². The number of nitrogens with zero attached hydrogens (tertiary/aromatic N) is 4. The lowest BCUT2D eigenvalue weighted by atomic mass is 10.0. The van der Waals surface area contributed by atoms with Crippen molar-refractivity contribution in [2.45, 2.75) is 25.9 Å². The number of halogens is 3. The number of H-pyrrole nitrogens is 1. The van der Waals surface area contributed by atoms with Crippen molar-refractivity contribution < 1.29 is 8.78 Å². The molecule has 1 atom stereocenters. The molecule has 154 valence electrons.